The highest BCUT2D eigenvalue weighted by atomic mass is 16.5. The zero-order valence-electron chi connectivity index (χ0n) is 12.9. The number of aliphatic carboxylic acids is 1. The highest BCUT2D eigenvalue weighted by Crippen LogP contribution is 2.21. The molecule has 0 bridgehead atoms. The lowest BCUT2D eigenvalue weighted by molar-refractivity contribution is -0.143. The second kappa shape index (κ2) is 7.67. The maximum Gasteiger partial charge on any atom is 0.326 e. The highest BCUT2D eigenvalue weighted by Gasteiger charge is 2.22. The van der Waals surface area contributed by atoms with E-state index in [0.29, 0.717) is 18.1 Å². The Labute approximate surface area is 125 Å². The Kier molecular flexibility index (Phi) is 6.21. The zero-order valence-corrected chi connectivity index (χ0v) is 12.9. The summed E-state index contributed by atoms with van der Waals surface area (Å²) in [7, 11) is 0. The molecule has 21 heavy (non-hydrogen) atoms. The minimum Gasteiger partial charge on any atom is -0.481 e. The van der Waals surface area contributed by atoms with E-state index in [-0.39, 0.29) is 0 Å². The van der Waals surface area contributed by atoms with Crippen LogP contribution < -0.4 is 10.1 Å². The van der Waals surface area contributed by atoms with E-state index in [1.807, 2.05) is 18.2 Å². The molecule has 0 spiro atoms. The van der Waals surface area contributed by atoms with Crippen LogP contribution in [0.1, 0.15) is 45.6 Å². The molecule has 2 atom stereocenters. The van der Waals surface area contributed by atoms with Gasteiger partial charge in [-0.2, -0.15) is 0 Å². The topological polar surface area (TPSA) is 75.6 Å². The van der Waals surface area contributed by atoms with Crippen LogP contribution in [0.2, 0.25) is 0 Å². The molecule has 1 rings (SSSR count). The summed E-state index contributed by atoms with van der Waals surface area (Å²) >= 11 is 0. The van der Waals surface area contributed by atoms with Crippen LogP contribution >= 0.6 is 0 Å². The molecule has 1 amide bonds. The lowest BCUT2D eigenvalue weighted by Crippen LogP contribution is -2.45. The Morgan fingerprint density at radius 1 is 1.29 bits per heavy atom. The largest absolute Gasteiger partial charge is 0.481 e. The van der Waals surface area contributed by atoms with E-state index in [0.717, 1.165) is 5.56 Å². The van der Waals surface area contributed by atoms with Crippen molar-refractivity contribution in [1.82, 2.24) is 5.32 Å². The summed E-state index contributed by atoms with van der Waals surface area (Å²) in [5.74, 6) is -0.500. The van der Waals surface area contributed by atoms with E-state index in [4.69, 9.17) is 9.84 Å². The van der Waals surface area contributed by atoms with Gasteiger partial charge >= 0.3 is 5.97 Å². The molecule has 0 saturated carbocycles. The van der Waals surface area contributed by atoms with Gasteiger partial charge in [0, 0.05) is 0 Å². The van der Waals surface area contributed by atoms with Crippen molar-refractivity contribution in [3.05, 3.63) is 29.8 Å². The van der Waals surface area contributed by atoms with Crippen molar-refractivity contribution in [3.63, 3.8) is 0 Å². The van der Waals surface area contributed by atoms with Crippen LogP contribution in [0.3, 0.4) is 0 Å². The number of nitrogens with one attached hydrogen (secondary N) is 1. The molecular formula is C16H23NO4. The Morgan fingerprint density at radius 3 is 2.48 bits per heavy atom. The molecule has 1 aromatic rings. The first-order valence-corrected chi connectivity index (χ1v) is 7.15. The molecule has 0 saturated heterocycles. The summed E-state index contributed by atoms with van der Waals surface area (Å²) in [6, 6.07) is 6.67. The first kappa shape index (κ1) is 17.0. The van der Waals surface area contributed by atoms with E-state index in [1.165, 1.54) is 0 Å². The summed E-state index contributed by atoms with van der Waals surface area (Å²) in [4.78, 5) is 22.9. The van der Waals surface area contributed by atoms with Gasteiger partial charge in [0.1, 0.15) is 11.8 Å². The molecule has 1 aromatic carbocycles. The minimum atomic E-state index is -1.04. The fourth-order valence-electron chi connectivity index (χ4n) is 1.83. The van der Waals surface area contributed by atoms with Gasteiger partial charge in [-0.1, -0.05) is 32.9 Å². The Hall–Kier alpha value is -2.04. The van der Waals surface area contributed by atoms with Crippen molar-refractivity contribution in [3.8, 4) is 5.75 Å². The summed E-state index contributed by atoms with van der Waals surface area (Å²) in [5, 5.41) is 11.4. The second-order valence-corrected chi connectivity index (χ2v) is 5.29. The molecule has 2 N–H and O–H groups in total. The summed E-state index contributed by atoms with van der Waals surface area (Å²) in [5.41, 5.74) is 1.12. The number of carboxylic acids is 1. The van der Waals surface area contributed by atoms with Crippen LogP contribution in [0, 0.1) is 0 Å². The monoisotopic (exact) mass is 293 g/mol. The van der Waals surface area contributed by atoms with Crippen LogP contribution in [0.25, 0.3) is 0 Å². The average molecular weight is 293 g/mol. The molecule has 0 fully saturated rings. The molecule has 0 aliphatic carbocycles. The number of carbonyl (C=O) groups excluding carboxylic acids is 1. The predicted molar refractivity (Wildman–Crippen MR) is 80.5 cm³/mol. The molecular weight excluding hydrogens is 270 g/mol. The number of rotatable bonds is 7. The summed E-state index contributed by atoms with van der Waals surface area (Å²) in [6.07, 6.45) is -0.419. The van der Waals surface area contributed by atoms with Crippen LogP contribution in [-0.2, 0) is 9.59 Å². The number of amides is 1. The Morgan fingerprint density at radius 2 is 1.95 bits per heavy atom. The van der Waals surface area contributed by atoms with Gasteiger partial charge in [0.05, 0.1) is 0 Å². The fraction of sp³-hybridized carbons (Fsp3) is 0.500. The lowest BCUT2D eigenvalue weighted by Gasteiger charge is -2.18. The van der Waals surface area contributed by atoms with Crippen molar-refractivity contribution >= 4 is 11.9 Å². The molecule has 2 unspecified atom stereocenters. The van der Waals surface area contributed by atoms with Gasteiger partial charge in [-0.3, -0.25) is 4.79 Å². The average Bonchev–Trinajstić information content (AvgIpc) is 2.44. The molecule has 0 aromatic heterocycles. The fourth-order valence-corrected chi connectivity index (χ4v) is 1.83. The van der Waals surface area contributed by atoms with Crippen LogP contribution in [-0.4, -0.2) is 29.1 Å². The van der Waals surface area contributed by atoms with Crippen molar-refractivity contribution in [1.29, 1.82) is 0 Å². The Bertz CT molecular complexity index is 499. The second-order valence-electron chi connectivity index (χ2n) is 5.29. The molecule has 0 aliphatic rings. The quantitative estimate of drug-likeness (QED) is 0.810. The number of hydrogen-bond acceptors (Lipinski definition) is 3. The van der Waals surface area contributed by atoms with Crippen LogP contribution in [0.4, 0.5) is 0 Å². The number of benzene rings is 1. The Balaban J connectivity index is 2.67. The third-order valence-corrected chi connectivity index (χ3v) is 3.23. The first-order valence-electron chi connectivity index (χ1n) is 7.15. The van der Waals surface area contributed by atoms with Gasteiger partial charge in [0.25, 0.3) is 5.91 Å². The molecule has 116 valence electrons. The predicted octanol–water partition coefficient (Wildman–Crippen LogP) is 2.56. The molecule has 5 nitrogen and oxygen atoms in total. The number of ether oxygens (including phenoxy) is 1. The van der Waals surface area contributed by atoms with Gasteiger partial charge < -0.3 is 15.2 Å². The van der Waals surface area contributed by atoms with Crippen molar-refractivity contribution in [2.75, 3.05) is 0 Å². The summed E-state index contributed by atoms with van der Waals surface area (Å²) in [6.45, 7) is 7.46. The van der Waals surface area contributed by atoms with Gasteiger partial charge in [0.15, 0.2) is 6.10 Å². The minimum absolute atomic E-state index is 0.330. The highest BCUT2D eigenvalue weighted by molar-refractivity contribution is 5.86. The van der Waals surface area contributed by atoms with E-state index >= 15 is 0 Å². The van der Waals surface area contributed by atoms with Crippen LogP contribution in [0.5, 0.6) is 5.75 Å². The van der Waals surface area contributed by atoms with E-state index in [1.54, 1.807) is 19.9 Å². The smallest absolute Gasteiger partial charge is 0.326 e. The van der Waals surface area contributed by atoms with Gasteiger partial charge in [-0.25, -0.2) is 4.79 Å². The third-order valence-electron chi connectivity index (χ3n) is 3.23. The molecule has 0 radical (unpaired) electrons. The lowest BCUT2D eigenvalue weighted by atomic mass is 10.0. The molecule has 0 heterocycles. The van der Waals surface area contributed by atoms with Crippen molar-refractivity contribution in [2.45, 2.75) is 52.2 Å². The van der Waals surface area contributed by atoms with Gasteiger partial charge in [-0.05, 0) is 37.0 Å². The number of carbonyl (C=O) groups is 2. The summed E-state index contributed by atoms with van der Waals surface area (Å²) < 4.78 is 5.59. The maximum atomic E-state index is 11.9. The van der Waals surface area contributed by atoms with E-state index in [9.17, 15) is 9.59 Å². The number of carboxylic acid groups (broad SMARTS) is 1. The van der Waals surface area contributed by atoms with E-state index < -0.39 is 24.0 Å². The number of hydrogen-bond donors (Lipinski definition) is 2. The van der Waals surface area contributed by atoms with Gasteiger partial charge in [0.2, 0.25) is 0 Å². The van der Waals surface area contributed by atoms with Crippen molar-refractivity contribution in [2.24, 2.45) is 0 Å². The van der Waals surface area contributed by atoms with Gasteiger partial charge in [-0.15, -0.1) is 0 Å². The molecule has 0 aliphatic heterocycles. The van der Waals surface area contributed by atoms with Crippen LogP contribution in [0.15, 0.2) is 24.3 Å². The third kappa shape index (κ3) is 5.10. The molecule has 5 heteroatoms. The standard InChI is InChI=1S/C16H23NO4/c1-5-14(16(19)20)17-15(18)11(4)21-13-8-6-7-12(9-13)10(2)3/h6-11,14H,5H2,1-4H3,(H,17,18)(H,19,20). The first-order chi connectivity index (χ1) is 9.85. The zero-order chi connectivity index (χ0) is 16.0. The normalized spacial score (nSPS) is 13.6. The van der Waals surface area contributed by atoms with Crippen molar-refractivity contribution < 1.29 is 19.4 Å². The maximum absolute atomic E-state index is 11.9. The SMILES string of the molecule is CCC(NC(=O)C(C)Oc1cccc(C(C)C)c1)C(=O)O. The van der Waals surface area contributed by atoms with E-state index in [2.05, 4.69) is 19.2 Å².